The second kappa shape index (κ2) is 10.4. The molecule has 5 aromatic rings. The first-order valence-electron chi connectivity index (χ1n) is 12.4. The molecule has 3 aromatic carbocycles. The molecule has 0 unspecified atom stereocenters. The van der Waals surface area contributed by atoms with E-state index in [2.05, 4.69) is 25.7 Å². The molecule has 192 valence electrons. The molecule has 0 spiro atoms. The SMILES string of the molecule is COc1ccc(-c2nnc3c4ccccc4c(Nc4ccc(NC(=O)CN5CCOCC5)cc4)nn23)cc1. The van der Waals surface area contributed by atoms with Gasteiger partial charge in [-0.1, -0.05) is 24.3 Å². The van der Waals surface area contributed by atoms with Gasteiger partial charge < -0.3 is 20.1 Å². The lowest BCUT2D eigenvalue weighted by molar-refractivity contribution is -0.118. The number of methoxy groups -OCH3 is 1. The van der Waals surface area contributed by atoms with Crippen molar-refractivity contribution >= 4 is 39.5 Å². The minimum atomic E-state index is -0.0376. The summed E-state index contributed by atoms with van der Waals surface area (Å²) < 4.78 is 12.4. The van der Waals surface area contributed by atoms with E-state index in [9.17, 15) is 4.79 Å². The number of amides is 1. The van der Waals surface area contributed by atoms with Crippen LogP contribution in [-0.4, -0.2) is 70.6 Å². The molecule has 1 aliphatic heterocycles. The molecule has 0 bridgehead atoms. The maximum atomic E-state index is 12.4. The van der Waals surface area contributed by atoms with Crippen LogP contribution >= 0.6 is 0 Å². The Labute approximate surface area is 219 Å². The number of fused-ring (bicyclic) bond motifs is 3. The van der Waals surface area contributed by atoms with Crippen molar-refractivity contribution in [1.29, 1.82) is 0 Å². The van der Waals surface area contributed by atoms with Gasteiger partial charge in [0.15, 0.2) is 17.3 Å². The maximum absolute atomic E-state index is 12.4. The van der Waals surface area contributed by atoms with Gasteiger partial charge in [-0.2, -0.15) is 4.52 Å². The normalized spacial score (nSPS) is 14.0. The van der Waals surface area contributed by atoms with E-state index in [4.69, 9.17) is 14.6 Å². The minimum absolute atomic E-state index is 0.0376. The fourth-order valence-electron chi connectivity index (χ4n) is 4.53. The first-order chi connectivity index (χ1) is 18.7. The van der Waals surface area contributed by atoms with Crippen molar-refractivity contribution < 1.29 is 14.3 Å². The highest BCUT2D eigenvalue weighted by Crippen LogP contribution is 2.30. The van der Waals surface area contributed by atoms with Crippen LogP contribution < -0.4 is 15.4 Å². The summed E-state index contributed by atoms with van der Waals surface area (Å²) in [6.45, 7) is 3.23. The Balaban J connectivity index is 1.26. The van der Waals surface area contributed by atoms with Crippen molar-refractivity contribution in [2.45, 2.75) is 0 Å². The van der Waals surface area contributed by atoms with E-state index in [1.165, 1.54) is 0 Å². The van der Waals surface area contributed by atoms with Crippen LogP contribution in [0, 0.1) is 0 Å². The number of carbonyl (C=O) groups excluding carboxylic acids is 1. The van der Waals surface area contributed by atoms with Crippen LogP contribution in [0.4, 0.5) is 17.2 Å². The van der Waals surface area contributed by atoms with E-state index in [1.54, 1.807) is 11.6 Å². The molecular weight excluding hydrogens is 482 g/mol. The lowest BCUT2D eigenvalue weighted by Gasteiger charge is -2.25. The van der Waals surface area contributed by atoms with Crippen molar-refractivity contribution in [3.8, 4) is 17.1 Å². The van der Waals surface area contributed by atoms with E-state index in [1.807, 2.05) is 72.8 Å². The number of anilines is 3. The number of aromatic nitrogens is 4. The highest BCUT2D eigenvalue weighted by Gasteiger charge is 2.17. The van der Waals surface area contributed by atoms with E-state index in [-0.39, 0.29) is 5.91 Å². The minimum Gasteiger partial charge on any atom is -0.497 e. The van der Waals surface area contributed by atoms with Gasteiger partial charge in [0.05, 0.1) is 26.9 Å². The average Bonchev–Trinajstić information content (AvgIpc) is 3.39. The van der Waals surface area contributed by atoms with Gasteiger partial charge in [0, 0.05) is 40.8 Å². The van der Waals surface area contributed by atoms with E-state index < -0.39 is 0 Å². The number of morpholine rings is 1. The fraction of sp³-hybridized carbons (Fsp3) is 0.214. The molecule has 2 N–H and O–H groups in total. The number of ether oxygens (including phenoxy) is 2. The molecule has 0 radical (unpaired) electrons. The molecule has 38 heavy (non-hydrogen) atoms. The summed E-state index contributed by atoms with van der Waals surface area (Å²) in [7, 11) is 1.64. The third-order valence-corrected chi connectivity index (χ3v) is 6.51. The topological polar surface area (TPSA) is 106 Å². The van der Waals surface area contributed by atoms with E-state index in [0.29, 0.717) is 37.0 Å². The largest absolute Gasteiger partial charge is 0.497 e. The molecule has 0 saturated carbocycles. The van der Waals surface area contributed by atoms with Gasteiger partial charge in [0.2, 0.25) is 5.91 Å². The molecule has 1 aliphatic rings. The van der Waals surface area contributed by atoms with Crippen LogP contribution in [0.2, 0.25) is 0 Å². The zero-order valence-corrected chi connectivity index (χ0v) is 20.9. The highest BCUT2D eigenvalue weighted by molar-refractivity contribution is 6.01. The smallest absolute Gasteiger partial charge is 0.238 e. The number of nitrogens with zero attached hydrogens (tertiary/aromatic N) is 5. The summed E-state index contributed by atoms with van der Waals surface area (Å²) in [5.41, 5.74) is 3.13. The van der Waals surface area contributed by atoms with Gasteiger partial charge in [0.1, 0.15) is 5.75 Å². The van der Waals surface area contributed by atoms with Gasteiger partial charge >= 0.3 is 0 Å². The predicted molar refractivity (Wildman–Crippen MR) is 146 cm³/mol. The van der Waals surface area contributed by atoms with Crippen molar-refractivity contribution in [2.24, 2.45) is 0 Å². The average molecular weight is 510 g/mol. The molecule has 6 rings (SSSR count). The van der Waals surface area contributed by atoms with Crippen LogP contribution in [0.1, 0.15) is 0 Å². The summed E-state index contributed by atoms with van der Waals surface area (Å²) in [6.07, 6.45) is 0. The van der Waals surface area contributed by atoms with Crippen molar-refractivity contribution in [1.82, 2.24) is 24.7 Å². The standard InChI is InChI=1S/C28H27N7O3/c1-37-22-12-6-19(7-13-22)27-31-32-28-24-5-3-2-4-23(24)26(33-35(27)28)30-21-10-8-20(9-11-21)29-25(36)18-34-14-16-38-17-15-34/h2-13H,14-18H2,1H3,(H,29,36)(H,30,33). The number of benzene rings is 3. The van der Waals surface area contributed by atoms with Gasteiger partial charge in [-0.25, -0.2) is 0 Å². The van der Waals surface area contributed by atoms with Gasteiger partial charge in [0.25, 0.3) is 0 Å². The van der Waals surface area contributed by atoms with Gasteiger partial charge in [-0.15, -0.1) is 15.3 Å². The third-order valence-electron chi connectivity index (χ3n) is 6.51. The quantitative estimate of drug-likeness (QED) is 0.340. The molecule has 10 nitrogen and oxygen atoms in total. The Morgan fingerprint density at radius 3 is 2.37 bits per heavy atom. The lowest BCUT2D eigenvalue weighted by Crippen LogP contribution is -2.41. The van der Waals surface area contributed by atoms with Gasteiger partial charge in [-0.05, 0) is 48.5 Å². The number of carbonyl (C=O) groups is 1. The molecule has 3 heterocycles. The van der Waals surface area contributed by atoms with Gasteiger partial charge in [-0.3, -0.25) is 9.69 Å². The summed E-state index contributed by atoms with van der Waals surface area (Å²) in [5.74, 6) is 2.04. The molecule has 1 saturated heterocycles. The summed E-state index contributed by atoms with van der Waals surface area (Å²) in [6, 6.07) is 23.2. The lowest BCUT2D eigenvalue weighted by atomic mass is 10.1. The molecular formula is C28H27N7O3. The predicted octanol–water partition coefficient (Wildman–Crippen LogP) is 3.97. The molecule has 2 aromatic heterocycles. The van der Waals surface area contributed by atoms with Crippen LogP contribution in [0.25, 0.3) is 27.8 Å². The number of rotatable bonds is 7. The fourth-order valence-corrected chi connectivity index (χ4v) is 4.53. The summed E-state index contributed by atoms with van der Waals surface area (Å²) >= 11 is 0. The van der Waals surface area contributed by atoms with E-state index in [0.717, 1.165) is 46.5 Å². The van der Waals surface area contributed by atoms with Crippen LogP contribution in [0.15, 0.2) is 72.8 Å². The number of nitrogens with one attached hydrogen (secondary N) is 2. The van der Waals surface area contributed by atoms with Crippen molar-refractivity contribution in [3.05, 3.63) is 72.8 Å². The van der Waals surface area contributed by atoms with Crippen LogP contribution in [0.3, 0.4) is 0 Å². The summed E-state index contributed by atoms with van der Waals surface area (Å²) in [5, 5.41) is 22.0. The zero-order chi connectivity index (χ0) is 25.9. The Hall–Kier alpha value is -4.54. The molecule has 1 amide bonds. The Bertz CT molecular complexity index is 1580. The zero-order valence-electron chi connectivity index (χ0n) is 20.9. The highest BCUT2D eigenvalue weighted by atomic mass is 16.5. The second-order valence-corrected chi connectivity index (χ2v) is 9.02. The first kappa shape index (κ1) is 23.8. The molecule has 0 aliphatic carbocycles. The van der Waals surface area contributed by atoms with Crippen LogP contribution in [-0.2, 0) is 9.53 Å². The monoisotopic (exact) mass is 509 g/mol. The second-order valence-electron chi connectivity index (χ2n) is 9.02. The first-order valence-corrected chi connectivity index (χ1v) is 12.4. The van der Waals surface area contributed by atoms with Crippen molar-refractivity contribution in [2.75, 3.05) is 50.6 Å². The van der Waals surface area contributed by atoms with Crippen molar-refractivity contribution in [3.63, 3.8) is 0 Å². The molecule has 0 atom stereocenters. The Kier molecular flexibility index (Phi) is 6.55. The Morgan fingerprint density at radius 1 is 0.921 bits per heavy atom. The number of hydrogen-bond acceptors (Lipinski definition) is 8. The van der Waals surface area contributed by atoms with E-state index >= 15 is 0 Å². The molecule has 10 heteroatoms. The third kappa shape index (κ3) is 4.86. The maximum Gasteiger partial charge on any atom is 0.238 e. The summed E-state index contributed by atoms with van der Waals surface area (Å²) in [4.78, 5) is 14.5. The molecule has 1 fully saturated rings. The Morgan fingerprint density at radius 2 is 1.63 bits per heavy atom. The number of hydrogen-bond donors (Lipinski definition) is 2. The van der Waals surface area contributed by atoms with Crippen LogP contribution in [0.5, 0.6) is 5.75 Å².